The number of hydrogen-bond acceptors (Lipinski definition) is 9. The molecule has 0 spiro atoms. The Morgan fingerprint density at radius 2 is 1.80 bits per heavy atom. The standard InChI is InChI=1S/C48H59FN2O7S/c1-3-26-56-48-44(51(47(54)34-18-19-34)32-33-16-20-36(49)21-17-33)31-42(50-57-4-2)40-29-35(12-8-10-24-52)39(15-9-11-25-53)45(46(40)48)41-30-37(22-23-43(41)58-48)55-27-28-59-38-13-6-5-7-14-38/h3,5-7,13-14,16-17,20-23,29-30,34-35,39,44-46,52-53H,1,4,8-12,15,18-19,24-28,31-32H2,2H3. The van der Waals surface area contributed by atoms with E-state index in [0.29, 0.717) is 38.2 Å². The van der Waals surface area contributed by atoms with Crippen molar-refractivity contribution in [2.24, 2.45) is 28.8 Å². The summed E-state index contributed by atoms with van der Waals surface area (Å²) in [6.07, 6.45) is 10.8. The second-order valence-corrected chi connectivity index (χ2v) is 17.2. The molecule has 0 aromatic heterocycles. The van der Waals surface area contributed by atoms with Crippen LogP contribution in [0.25, 0.3) is 0 Å². The van der Waals surface area contributed by atoms with Gasteiger partial charge in [-0.1, -0.05) is 60.5 Å². The van der Waals surface area contributed by atoms with Gasteiger partial charge in [0.2, 0.25) is 11.7 Å². The Kier molecular flexibility index (Phi) is 14.9. The lowest BCUT2D eigenvalue weighted by atomic mass is 9.55. The predicted molar refractivity (Wildman–Crippen MR) is 229 cm³/mol. The zero-order valence-corrected chi connectivity index (χ0v) is 35.0. The number of aliphatic hydroxyl groups is 2. The maximum atomic E-state index is 14.6. The van der Waals surface area contributed by atoms with E-state index in [1.807, 2.05) is 42.2 Å². The largest absolute Gasteiger partial charge is 0.493 e. The molecule has 3 aliphatic carbocycles. The van der Waals surface area contributed by atoms with Gasteiger partial charge < -0.3 is 34.2 Å². The fourth-order valence-electron chi connectivity index (χ4n) is 9.41. The second kappa shape index (κ2) is 20.4. The number of allylic oxidation sites excluding steroid dienone is 1. The van der Waals surface area contributed by atoms with Crippen molar-refractivity contribution < 1.29 is 38.4 Å². The average molecular weight is 827 g/mol. The molecule has 6 atom stereocenters. The fraction of sp³-hybridized carbons (Fsp3) is 0.500. The van der Waals surface area contributed by atoms with Crippen LogP contribution in [0.15, 0.2) is 107 Å². The Labute approximate surface area is 352 Å². The summed E-state index contributed by atoms with van der Waals surface area (Å²) >= 11 is 1.75. The Morgan fingerprint density at radius 1 is 1.03 bits per heavy atom. The van der Waals surface area contributed by atoms with Crippen LogP contribution in [0, 0.1) is 29.5 Å². The summed E-state index contributed by atoms with van der Waals surface area (Å²) in [5.41, 5.74) is 3.57. The van der Waals surface area contributed by atoms with Crippen molar-refractivity contribution in [1.82, 2.24) is 4.90 Å². The minimum absolute atomic E-state index is 0.0179. The maximum absolute atomic E-state index is 14.6. The Balaban J connectivity index is 1.37. The normalized spacial score (nSPS) is 25.0. The number of unbranched alkanes of at least 4 members (excludes halogenated alkanes) is 2. The molecule has 11 heteroatoms. The van der Waals surface area contributed by atoms with E-state index in [-0.39, 0.29) is 61.8 Å². The SMILES string of the molecule is C=CCOC12Oc3ccc(OCCSc4ccccc4)cc3C3C(CCCCO)C(CCCCO)C=C(C(=NOCC)CC1N(Cc1ccc(F)cc1)C(=O)C1CC1)C32. The van der Waals surface area contributed by atoms with Crippen LogP contribution in [0.4, 0.5) is 4.39 Å². The molecule has 316 valence electrons. The lowest BCUT2D eigenvalue weighted by Gasteiger charge is -2.60. The van der Waals surface area contributed by atoms with E-state index in [4.69, 9.17) is 24.2 Å². The molecule has 1 amide bonds. The molecule has 3 aromatic rings. The lowest BCUT2D eigenvalue weighted by molar-refractivity contribution is -0.258. The molecule has 59 heavy (non-hydrogen) atoms. The van der Waals surface area contributed by atoms with E-state index in [1.54, 1.807) is 30.0 Å². The molecule has 6 unspecified atom stereocenters. The van der Waals surface area contributed by atoms with Crippen molar-refractivity contribution >= 4 is 23.4 Å². The first kappa shape index (κ1) is 42.9. The van der Waals surface area contributed by atoms with E-state index in [9.17, 15) is 19.4 Å². The molecule has 7 rings (SSSR count). The van der Waals surface area contributed by atoms with Crippen molar-refractivity contribution in [2.75, 3.05) is 38.8 Å². The third-order valence-corrected chi connectivity index (χ3v) is 13.1. The number of carbonyl (C=O) groups excluding carboxylic acids is 1. The van der Waals surface area contributed by atoms with Gasteiger partial charge in [0.25, 0.3) is 0 Å². The summed E-state index contributed by atoms with van der Waals surface area (Å²) in [4.78, 5) is 23.6. The van der Waals surface area contributed by atoms with Gasteiger partial charge in [0, 0.05) is 54.2 Å². The van der Waals surface area contributed by atoms with E-state index < -0.39 is 17.7 Å². The molecule has 2 saturated carbocycles. The highest BCUT2D eigenvalue weighted by atomic mass is 32.2. The van der Waals surface area contributed by atoms with Crippen LogP contribution in [0.2, 0.25) is 0 Å². The molecule has 0 saturated heterocycles. The van der Waals surface area contributed by atoms with Gasteiger partial charge in [-0.15, -0.1) is 18.3 Å². The number of aliphatic hydroxyl groups excluding tert-OH is 2. The number of hydrogen-bond donors (Lipinski definition) is 2. The van der Waals surface area contributed by atoms with E-state index in [1.165, 1.54) is 17.0 Å². The molecule has 1 heterocycles. The number of oxime groups is 1. The highest BCUT2D eigenvalue weighted by molar-refractivity contribution is 7.99. The first-order chi connectivity index (χ1) is 28.9. The van der Waals surface area contributed by atoms with Gasteiger partial charge in [-0.25, -0.2) is 4.39 Å². The molecule has 3 aromatic carbocycles. The number of benzene rings is 3. The molecule has 0 radical (unpaired) electrons. The van der Waals surface area contributed by atoms with Crippen molar-refractivity contribution in [3.8, 4) is 11.5 Å². The number of carbonyl (C=O) groups is 1. The Hall–Kier alpha value is -4.16. The molecule has 1 aliphatic heterocycles. The number of rotatable bonds is 22. The molecular formula is C48H59FN2O7S. The number of fused-ring (bicyclic) bond motifs is 2. The summed E-state index contributed by atoms with van der Waals surface area (Å²) in [5, 5.41) is 24.6. The number of amides is 1. The van der Waals surface area contributed by atoms with Gasteiger partial charge in [-0.05, 0) is 111 Å². The first-order valence-electron chi connectivity index (χ1n) is 21.5. The molecule has 9 nitrogen and oxygen atoms in total. The first-order valence-corrected chi connectivity index (χ1v) is 22.4. The smallest absolute Gasteiger partial charge is 0.239 e. The summed E-state index contributed by atoms with van der Waals surface area (Å²) in [5.74, 6) is 0.0864. The molecular weight excluding hydrogens is 768 g/mol. The van der Waals surface area contributed by atoms with Gasteiger partial charge in [-0.3, -0.25) is 4.79 Å². The zero-order valence-electron chi connectivity index (χ0n) is 34.2. The van der Waals surface area contributed by atoms with Gasteiger partial charge >= 0.3 is 0 Å². The van der Waals surface area contributed by atoms with E-state index in [0.717, 1.165) is 72.4 Å². The van der Waals surface area contributed by atoms with Crippen LogP contribution in [-0.2, 0) is 20.9 Å². The summed E-state index contributed by atoms with van der Waals surface area (Å²) < 4.78 is 35.1. The van der Waals surface area contributed by atoms with Crippen molar-refractivity contribution in [3.63, 3.8) is 0 Å². The van der Waals surface area contributed by atoms with Gasteiger partial charge in [0.1, 0.15) is 30.0 Å². The van der Waals surface area contributed by atoms with Gasteiger partial charge in [0.15, 0.2) is 0 Å². The molecule has 0 bridgehead atoms. The number of nitrogens with zero attached hydrogens (tertiary/aromatic N) is 2. The summed E-state index contributed by atoms with van der Waals surface area (Å²) in [6, 6.07) is 22.1. The molecule has 4 aliphatic rings. The van der Waals surface area contributed by atoms with Crippen LogP contribution >= 0.6 is 11.8 Å². The number of ether oxygens (including phenoxy) is 3. The van der Waals surface area contributed by atoms with Crippen LogP contribution in [-0.4, -0.2) is 77.3 Å². The third kappa shape index (κ3) is 9.91. The van der Waals surface area contributed by atoms with Crippen LogP contribution < -0.4 is 9.47 Å². The summed E-state index contributed by atoms with van der Waals surface area (Å²) in [7, 11) is 0. The zero-order chi connectivity index (χ0) is 41.2. The second-order valence-electron chi connectivity index (χ2n) is 16.1. The number of thioether (sulfide) groups is 1. The number of halogens is 1. The fourth-order valence-corrected chi connectivity index (χ4v) is 10.2. The van der Waals surface area contributed by atoms with Crippen LogP contribution in [0.3, 0.4) is 0 Å². The van der Waals surface area contributed by atoms with Crippen molar-refractivity contribution in [2.45, 2.75) is 93.9 Å². The van der Waals surface area contributed by atoms with E-state index >= 15 is 0 Å². The van der Waals surface area contributed by atoms with Crippen molar-refractivity contribution in [1.29, 1.82) is 0 Å². The average Bonchev–Trinajstić information content (AvgIpc) is 4.11. The lowest BCUT2D eigenvalue weighted by Crippen LogP contribution is -2.70. The van der Waals surface area contributed by atoms with Crippen LogP contribution in [0.1, 0.15) is 81.8 Å². The molecule has 2 N–H and O–H groups in total. The minimum Gasteiger partial charge on any atom is -0.493 e. The van der Waals surface area contributed by atoms with Gasteiger partial charge in [0.05, 0.1) is 24.8 Å². The Bertz CT molecular complexity index is 1920. The van der Waals surface area contributed by atoms with Gasteiger partial charge in [-0.2, -0.15) is 0 Å². The maximum Gasteiger partial charge on any atom is 0.239 e. The third-order valence-electron chi connectivity index (χ3n) is 12.2. The van der Waals surface area contributed by atoms with Crippen LogP contribution in [0.5, 0.6) is 11.5 Å². The highest BCUT2D eigenvalue weighted by Crippen LogP contribution is 2.62. The summed E-state index contributed by atoms with van der Waals surface area (Å²) in [6.45, 7) is 7.49. The Morgan fingerprint density at radius 3 is 2.51 bits per heavy atom. The quantitative estimate of drug-likeness (QED) is 0.0447. The van der Waals surface area contributed by atoms with Crippen molar-refractivity contribution in [3.05, 3.63) is 114 Å². The monoisotopic (exact) mass is 826 g/mol. The highest BCUT2D eigenvalue weighted by Gasteiger charge is 2.66. The topological polar surface area (TPSA) is 110 Å². The molecule has 2 fully saturated rings. The minimum atomic E-state index is -1.35. The predicted octanol–water partition coefficient (Wildman–Crippen LogP) is 9.09. The van der Waals surface area contributed by atoms with E-state index in [2.05, 4.69) is 30.9 Å².